The highest BCUT2D eigenvalue weighted by Crippen LogP contribution is 2.22. The summed E-state index contributed by atoms with van der Waals surface area (Å²) in [5.74, 6) is 0.912. The summed E-state index contributed by atoms with van der Waals surface area (Å²) in [6, 6.07) is 15.9. The minimum absolute atomic E-state index is 0.123. The fraction of sp³-hybridized carbons (Fsp3) is 0.250. The third kappa shape index (κ3) is 4.94. The summed E-state index contributed by atoms with van der Waals surface area (Å²) in [6.45, 7) is 1.91. The van der Waals surface area contributed by atoms with Crippen LogP contribution < -0.4 is 14.5 Å². The van der Waals surface area contributed by atoms with Crippen LogP contribution in [0.3, 0.4) is 0 Å². The van der Waals surface area contributed by atoms with Gasteiger partial charge in [-0.05, 0) is 47.2 Å². The maximum absolute atomic E-state index is 13.0. The van der Waals surface area contributed by atoms with E-state index >= 15 is 0 Å². The first-order valence-electron chi connectivity index (χ1n) is 8.46. The number of amides is 1. The Morgan fingerprint density at radius 1 is 1.04 bits per heavy atom. The molecule has 1 N–H and O–H groups in total. The number of ether oxygens (including phenoxy) is 1. The average Bonchev–Trinajstić information content (AvgIpc) is 3.33. The molecule has 0 bridgehead atoms. The second kappa shape index (κ2) is 8.98. The van der Waals surface area contributed by atoms with E-state index in [-0.39, 0.29) is 5.91 Å². The summed E-state index contributed by atoms with van der Waals surface area (Å²) in [4.78, 5) is 18.6. The number of carbonyl (C=O) groups is 1. The molecule has 2 aromatic heterocycles. The Morgan fingerprint density at radius 3 is 2.27 bits per heavy atom. The quantitative estimate of drug-likeness (QED) is 0.645. The highest BCUT2D eigenvalue weighted by molar-refractivity contribution is 7.10. The number of quaternary nitrogens is 1. The number of carbonyl (C=O) groups excluding carboxylic acids is 1. The Balaban J connectivity index is 1.73. The molecule has 3 aromatic rings. The van der Waals surface area contributed by atoms with Crippen LogP contribution in [-0.2, 0) is 17.9 Å². The van der Waals surface area contributed by atoms with E-state index in [9.17, 15) is 4.79 Å². The fourth-order valence-corrected chi connectivity index (χ4v) is 4.28. The van der Waals surface area contributed by atoms with E-state index < -0.39 is 0 Å². The molecule has 0 radical (unpaired) electrons. The minimum Gasteiger partial charge on any atom is -0.497 e. The monoisotopic (exact) mass is 387 g/mol. The maximum Gasteiger partial charge on any atom is 0.282 e. The van der Waals surface area contributed by atoms with Gasteiger partial charge in [0.15, 0.2) is 6.54 Å². The third-order valence-corrected chi connectivity index (χ3v) is 5.83. The van der Waals surface area contributed by atoms with Crippen molar-refractivity contribution in [2.24, 2.45) is 0 Å². The summed E-state index contributed by atoms with van der Waals surface area (Å²) in [6.07, 6.45) is 0. The Morgan fingerprint density at radius 2 is 1.69 bits per heavy atom. The number of thiophene rings is 2. The van der Waals surface area contributed by atoms with Gasteiger partial charge >= 0.3 is 0 Å². The largest absolute Gasteiger partial charge is 0.497 e. The van der Waals surface area contributed by atoms with Crippen LogP contribution in [0, 0.1) is 0 Å². The topological polar surface area (TPSA) is 34.0 Å². The number of benzene rings is 1. The number of likely N-dealkylation sites (N-methyl/N-ethyl adjacent to an activating group) is 1. The van der Waals surface area contributed by atoms with E-state index in [0.717, 1.165) is 18.0 Å². The van der Waals surface area contributed by atoms with E-state index in [1.165, 1.54) is 14.7 Å². The van der Waals surface area contributed by atoms with Crippen LogP contribution in [0.25, 0.3) is 0 Å². The van der Waals surface area contributed by atoms with Crippen LogP contribution >= 0.6 is 22.7 Å². The van der Waals surface area contributed by atoms with Crippen molar-refractivity contribution in [2.75, 3.05) is 25.6 Å². The van der Waals surface area contributed by atoms with Crippen LogP contribution in [0.1, 0.15) is 9.75 Å². The number of methoxy groups -OCH3 is 1. The maximum atomic E-state index is 13.0. The number of anilines is 1. The second-order valence-electron chi connectivity index (χ2n) is 6.15. The molecule has 6 heteroatoms. The van der Waals surface area contributed by atoms with Gasteiger partial charge in [-0.2, -0.15) is 0 Å². The molecule has 0 aliphatic carbocycles. The van der Waals surface area contributed by atoms with E-state index in [1.54, 1.807) is 29.8 Å². The van der Waals surface area contributed by atoms with Crippen molar-refractivity contribution >= 4 is 34.3 Å². The van der Waals surface area contributed by atoms with E-state index in [1.807, 2.05) is 40.6 Å². The minimum atomic E-state index is 0.123. The summed E-state index contributed by atoms with van der Waals surface area (Å²) in [7, 11) is 3.71. The Hall–Kier alpha value is -2.15. The molecule has 0 fully saturated rings. The van der Waals surface area contributed by atoms with Crippen molar-refractivity contribution in [2.45, 2.75) is 13.1 Å². The van der Waals surface area contributed by atoms with E-state index in [2.05, 4.69) is 30.6 Å². The van der Waals surface area contributed by atoms with Gasteiger partial charge in [-0.15, -0.1) is 22.7 Å². The van der Waals surface area contributed by atoms with Gasteiger partial charge in [-0.3, -0.25) is 4.79 Å². The van der Waals surface area contributed by atoms with Gasteiger partial charge in [-0.25, -0.2) is 0 Å². The van der Waals surface area contributed by atoms with Crippen molar-refractivity contribution in [3.8, 4) is 5.75 Å². The Kier molecular flexibility index (Phi) is 6.44. The number of nitrogens with zero attached hydrogens (tertiary/aromatic N) is 1. The van der Waals surface area contributed by atoms with Gasteiger partial charge in [0.2, 0.25) is 0 Å². The number of hydrogen-bond donors (Lipinski definition) is 1. The molecule has 0 aliphatic rings. The number of hydrogen-bond acceptors (Lipinski definition) is 4. The summed E-state index contributed by atoms with van der Waals surface area (Å²) in [5.41, 5.74) is 0.896. The zero-order chi connectivity index (χ0) is 18.4. The molecule has 0 aliphatic heterocycles. The Bertz CT molecular complexity index is 799. The molecule has 4 nitrogen and oxygen atoms in total. The highest BCUT2D eigenvalue weighted by atomic mass is 32.1. The van der Waals surface area contributed by atoms with Crippen LogP contribution in [-0.4, -0.2) is 26.6 Å². The lowest BCUT2D eigenvalue weighted by Gasteiger charge is -2.24. The Labute approximate surface area is 162 Å². The smallest absolute Gasteiger partial charge is 0.282 e. The van der Waals surface area contributed by atoms with Crippen LogP contribution in [0.15, 0.2) is 59.3 Å². The van der Waals surface area contributed by atoms with Crippen molar-refractivity contribution < 1.29 is 14.4 Å². The van der Waals surface area contributed by atoms with Gasteiger partial charge in [0, 0.05) is 10.6 Å². The molecular weight excluding hydrogens is 364 g/mol. The standard InChI is InChI=1S/C20H22N2O2S2/c1-21(13-18-5-3-11-25-18)15-20(23)22(14-19-6-4-12-26-19)16-7-9-17(24-2)10-8-16/h3-12H,13-15H2,1-2H3/p+1. The molecule has 136 valence electrons. The van der Waals surface area contributed by atoms with Crippen molar-refractivity contribution in [1.82, 2.24) is 0 Å². The second-order valence-corrected chi connectivity index (χ2v) is 8.21. The SMILES string of the molecule is COc1ccc(N(Cc2cccs2)C(=O)C[NH+](C)Cc2cccs2)cc1. The predicted octanol–water partition coefficient (Wildman–Crippen LogP) is 3.07. The molecule has 0 spiro atoms. The van der Waals surface area contributed by atoms with Crippen LogP contribution in [0.5, 0.6) is 5.75 Å². The van der Waals surface area contributed by atoms with Gasteiger partial charge in [0.25, 0.3) is 5.91 Å². The molecule has 0 saturated carbocycles. The van der Waals surface area contributed by atoms with Crippen LogP contribution in [0.2, 0.25) is 0 Å². The first kappa shape index (κ1) is 18.6. The lowest BCUT2D eigenvalue weighted by atomic mass is 10.2. The fourth-order valence-electron chi connectivity index (χ4n) is 2.77. The highest BCUT2D eigenvalue weighted by Gasteiger charge is 2.21. The van der Waals surface area contributed by atoms with Crippen molar-refractivity contribution in [3.63, 3.8) is 0 Å². The summed E-state index contributed by atoms with van der Waals surface area (Å²) in [5, 5.41) is 4.12. The van der Waals surface area contributed by atoms with Crippen LogP contribution in [0.4, 0.5) is 5.69 Å². The molecule has 0 saturated heterocycles. The molecule has 3 rings (SSSR count). The molecular formula is C20H23N2O2S2+. The average molecular weight is 388 g/mol. The first-order chi connectivity index (χ1) is 12.7. The summed E-state index contributed by atoms with van der Waals surface area (Å²) >= 11 is 3.40. The lowest BCUT2D eigenvalue weighted by Crippen LogP contribution is -3.08. The zero-order valence-corrected chi connectivity index (χ0v) is 16.6. The van der Waals surface area contributed by atoms with Gasteiger partial charge < -0.3 is 14.5 Å². The predicted molar refractivity (Wildman–Crippen MR) is 108 cm³/mol. The lowest BCUT2D eigenvalue weighted by molar-refractivity contribution is -0.885. The van der Waals surface area contributed by atoms with Crippen molar-refractivity contribution in [1.29, 1.82) is 0 Å². The number of nitrogens with one attached hydrogen (secondary N) is 1. The molecule has 1 atom stereocenters. The third-order valence-electron chi connectivity index (χ3n) is 4.09. The van der Waals surface area contributed by atoms with E-state index in [0.29, 0.717) is 13.1 Å². The summed E-state index contributed by atoms with van der Waals surface area (Å²) < 4.78 is 5.23. The van der Waals surface area contributed by atoms with Crippen molar-refractivity contribution in [3.05, 3.63) is 69.0 Å². The molecule has 1 aromatic carbocycles. The van der Waals surface area contributed by atoms with E-state index in [4.69, 9.17) is 4.74 Å². The first-order valence-corrected chi connectivity index (χ1v) is 10.2. The van der Waals surface area contributed by atoms with Gasteiger partial charge in [-0.1, -0.05) is 12.1 Å². The molecule has 1 unspecified atom stereocenters. The number of rotatable bonds is 8. The molecule has 26 heavy (non-hydrogen) atoms. The van der Waals surface area contributed by atoms with Gasteiger partial charge in [0.05, 0.1) is 25.6 Å². The normalized spacial score (nSPS) is 11.9. The molecule has 2 heterocycles. The van der Waals surface area contributed by atoms with Gasteiger partial charge in [0.1, 0.15) is 12.3 Å². The molecule has 1 amide bonds. The zero-order valence-electron chi connectivity index (χ0n) is 15.0.